The predicted molar refractivity (Wildman–Crippen MR) is 120 cm³/mol. The van der Waals surface area contributed by atoms with E-state index in [0.29, 0.717) is 11.1 Å². The number of benzene rings is 3. The Morgan fingerprint density at radius 1 is 0.968 bits per heavy atom. The molecule has 5 rings (SSSR count). The zero-order valence-electron chi connectivity index (χ0n) is 16.7. The Hall–Kier alpha value is -3.93. The minimum Gasteiger partial charge on any atom is -0.377 e. The molecule has 154 valence electrons. The number of nitrogens with zero attached hydrogens (tertiary/aromatic N) is 1. The van der Waals surface area contributed by atoms with Crippen LogP contribution in [-0.2, 0) is 0 Å². The van der Waals surface area contributed by atoms with E-state index in [1.807, 2.05) is 54.6 Å². The van der Waals surface area contributed by atoms with Crippen LogP contribution in [0.4, 0.5) is 17.1 Å². The highest BCUT2D eigenvalue weighted by molar-refractivity contribution is 6.08. The van der Waals surface area contributed by atoms with Crippen molar-refractivity contribution in [2.24, 2.45) is 5.92 Å². The highest BCUT2D eigenvalue weighted by Gasteiger charge is 2.41. The van der Waals surface area contributed by atoms with Crippen molar-refractivity contribution in [1.29, 1.82) is 0 Å². The molecule has 1 heterocycles. The van der Waals surface area contributed by atoms with Crippen LogP contribution in [0.25, 0.3) is 0 Å². The molecule has 3 atom stereocenters. The number of rotatable bonds is 4. The molecule has 2 aliphatic rings. The summed E-state index contributed by atoms with van der Waals surface area (Å²) in [6, 6.07) is 21.6. The van der Waals surface area contributed by atoms with Crippen LogP contribution < -0.4 is 10.6 Å². The van der Waals surface area contributed by atoms with Crippen LogP contribution in [0.15, 0.2) is 84.9 Å². The van der Waals surface area contributed by atoms with Gasteiger partial charge in [-0.15, -0.1) is 0 Å². The van der Waals surface area contributed by atoms with E-state index in [1.54, 1.807) is 12.1 Å². The zero-order valence-corrected chi connectivity index (χ0v) is 16.7. The fourth-order valence-corrected chi connectivity index (χ4v) is 4.76. The van der Waals surface area contributed by atoms with Crippen LogP contribution >= 0.6 is 0 Å². The molecule has 3 aromatic carbocycles. The van der Waals surface area contributed by atoms with Crippen LogP contribution in [0.5, 0.6) is 0 Å². The summed E-state index contributed by atoms with van der Waals surface area (Å²) in [5, 5.41) is 18.1. The molecule has 6 heteroatoms. The van der Waals surface area contributed by atoms with E-state index >= 15 is 0 Å². The number of allylic oxidation sites excluding steroid dienone is 2. The lowest BCUT2D eigenvalue weighted by Crippen LogP contribution is -2.31. The highest BCUT2D eigenvalue weighted by Crippen LogP contribution is 2.51. The topological polar surface area (TPSA) is 84.3 Å². The summed E-state index contributed by atoms with van der Waals surface area (Å²) in [6.45, 7) is 0. The van der Waals surface area contributed by atoms with Crippen LogP contribution in [-0.4, -0.2) is 10.8 Å². The first-order valence-corrected chi connectivity index (χ1v) is 10.3. The van der Waals surface area contributed by atoms with E-state index < -0.39 is 0 Å². The molecule has 0 fully saturated rings. The van der Waals surface area contributed by atoms with Gasteiger partial charge >= 0.3 is 0 Å². The zero-order chi connectivity index (χ0) is 21.4. The molecule has 0 saturated carbocycles. The van der Waals surface area contributed by atoms with E-state index in [9.17, 15) is 14.9 Å². The van der Waals surface area contributed by atoms with Gasteiger partial charge in [0, 0.05) is 17.7 Å². The van der Waals surface area contributed by atoms with Gasteiger partial charge in [0.1, 0.15) is 0 Å². The molecule has 0 spiro atoms. The standard InChI is InChI=1S/C25H21N3O3/c29-25(26-16-8-2-1-3-9-16)21-14-7-13-19-17-11-6-12-18(17)23(27-24(19)21)20-10-4-5-15-22(20)28(30)31/h1-11,13-15,17-18,23,27H,12H2,(H,26,29). The quantitative estimate of drug-likeness (QED) is 0.329. The number of nitro benzene ring substituents is 1. The van der Waals surface area contributed by atoms with Crippen molar-refractivity contribution in [3.63, 3.8) is 0 Å². The molecule has 6 nitrogen and oxygen atoms in total. The number of anilines is 2. The Morgan fingerprint density at radius 3 is 2.52 bits per heavy atom. The Kier molecular flexibility index (Phi) is 4.75. The van der Waals surface area contributed by atoms with E-state index in [2.05, 4.69) is 22.8 Å². The number of nitro groups is 1. The maximum atomic E-state index is 13.1. The maximum absolute atomic E-state index is 13.1. The summed E-state index contributed by atoms with van der Waals surface area (Å²) in [7, 11) is 0. The number of carbonyl (C=O) groups excluding carboxylic acids is 1. The van der Waals surface area contributed by atoms with Crippen molar-refractivity contribution in [2.75, 3.05) is 10.6 Å². The minimum atomic E-state index is -0.335. The first-order valence-electron chi connectivity index (χ1n) is 10.3. The molecular formula is C25H21N3O3. The Balaban J connectivity index is 1.57. The van der Waals surface area contributed by atoms with Gasteiger partial charge in [-0.1, -0.05) is 60.7 Å². The summed E-state index contributed by atoms with van der Waals surface area (Å²) in [5.41, 5.74) is 3.79. The van der Waals surface area contributed by atoms with Crippen LogP contribution in [0.3, 0.4) is 0 Å². The maximum Gasteiger partial charge on any atom is 0.274 e. The van der Waals surface area contributed by atoms with Gasteiger partial charge < -0.3 is 10.6 Å². The van der Waals surface area contributed by atoms with Crippen molar-refractivity contribution in [3.8, 4) is 0 Å². The van der Waals surface area contributed by atoms with Gasteiger partial charge in [-0.3, -0.25) is 14.9 Å². The third kappa shape index (κ3) is 3.36. The minimum absolute atomic E-state index is 0.0975. The number of hydrogen-bond acceptors (Lipinski definition) is 4. The average molecular weight is 411 g/mol. The van der Waals surface area contributed by atoms with Crippen molar-refractivity contribution in [2.45, 2.75) is 18.4 Å². The third-order valence-corrected chi connectivity index (χ3v) is 6.14. The second kappa shape index (κ2) is 7.72. The average Bonchev–Trinajstić information content (AvgIpc) is 3.29. The molecule has 1 amide bonds. The van der Waals surface area contributed by atoms with Crippen LogP contribution in [0.2, 0.25) is 0 Å². The molecule has 3 aromatic rings. The number of nitrogens with one attached hydrogen (secondary N) is 2. The fraction of sp³-hybridized carbons (Fsp3) is 0.160. The van der Waals surface area contributed by atoms with Crippen molar-refractivity contribution in [1.82, 2.24) is 0 Å². The van der Waals surface area contributed by atoms with Gasteiger partial charge in [-0.25, -0.2) is 0 Å². The van der Waals surface area contributed by atoms with Gasteiger partial charge in [-0.2, -0.15) is 0 Å². The third-order valence-electron chi connectivity index (χ3n) is 6.14. The lowest BCUT2D eigenvalue weighted by Gasteiger charge is -2.38. The van der Waals surface area contributed by atoms with Gasteiger partial charge in [0.15, 0.2) is 0 Å². The molecule has 1 aliphatic carbocycles. The molecule has 0 saturated heterocycles. The monoisotopic (exact) mass is 411 g/mol. The number of amides is 1. The second-order valence-electron chi connectivity index (χ2n) is 7.88. The molecule has 3 unspecified atom stereocenters. The van der Waals surface area contributed by atoms with E-state index in [-0.39, 0.29) is 34.4 Å². The van der Waals surface area contributed by atoms with Gasteiger partial charge in [0.25, 0.3) is 11.6 Å². The highest BCUT2D eigenvalue weighted by atomic mass is 16.6. The van der Waals surface area contributed by atoms with Crippen LogP contribution in [0, 0.1) is 16.0 Å². The van der Waals surface area contributed by atoms with E-state index in [0.717, 1.165) is 23.4 Å². The van der Waals surface area contributed by atoms with Crippen molar-refractivity contribution >= 4 is 23.0 Å². The molecule has 31 heavy (non-hydrogen) atoms. The number of para-hydroxylation sites is 3. The summed E-state index contributed by atoms with van der Waals surface area (Å²) >= 11 is 0. The van der Waals surface area contributed by atoms with Crippen LogP contribution in [0.1, 0.15) is 39.9 Å². The molecule has 2 N–H and O–H groups in total. The number of carbonyl (C=O) groups is 1. The normalized spacial score (nSPS) is 21.0. The second-order valence-corrected chi connectivity index (χ2v) is 7.88. The first-order chi connectivity index (χ1) is 15.1. The molecule has 0 bridgehead atoms. The van der Waals surface area contributed by atoms with Gasteiger partial charge in [0.2, 0.25) is 0 Å². The lowest BCUT2D eigenvalue weighted by molar-refractivity contribution is -0.385. The molecule has 0 aromatic heterocycles. The predicted octanol–water partition coefficient (Wildman–Crippen LogP) is 5.67. The van der Waals surface area contributed by atoms with Gasteiger partial charge in [0.05, 0.1) is 27.8 Å². The molecule has 1 aliphatic heterocycles. The molecular weight excluding hydrogens is 390 g/mol. The Bertz CT molecular complexity index is 1190. The van der Waals surface area contributed by atoms with Gasteiger partial charge in [-0.05, 0) is 36.1 Å². The Morgan fingerprint density at radius 2 is 1.71 bits per heavy atom. The largest absolute Gasteiger partial charge is 0.377 e. The smallest absolute Gasteiger partial charge is 0.274 e. The van der Waals surface area contributed by atoms with E-state index in [1.165, 1.54) is 6.07 Å². The van der Waals surface area contributed by atoms with E-state index in [4.69, 9.17) is 0 Å². The summed E-state index contributed by atoms with van der Waals surface area (Å²) < 4.78 is 0. The number of fused-ring (bicyclic) bond motifs is 3. The van der Waals surface area contributed by atoms with Crippen molar-refractivity contribution < 1.29 is 9.72 Å². The fourth-order valence-electron chi connectivity index (χ4n) is 4.76. The number of hydrogen-bond donors (Lipinski definition) is 2. The Labute approximate surface area is 179 Å². The van der Waals surface area contributed by atoms with Crippen molar-refractivity contribution in [3.05, 3.63) is 112 Å². The first kappa shape index (κ1) is 19.1. The molecule has 0 radical (unpaired) electrons. The summed E-state index contributed by atoms with van der Waals surface area (Å²) in [5.74, 6) is 0.0452. The summed E-state index contributed by atoms with van der Waals surface area (Å²) in [6.07, 6.45) is 5.11. The summed E-state index contributed by atoms with van der Waals surface area (Å²) in [4.78, 5) is 24.5. The lowest BCUT2D eigenvalue weighted by atomic mass is 9.76. The SMILES string of the molecule is O=C(Nc1ccccc1)c1cccc2c1NC(c1ccccc1[N+](=O)[O-])C1CC=CC21.